The summed E-state index contributed by atoms with van der Waals surface area (Å²) in [4.78, 5) is 1.25. The van der Waals surface area contributed by atoms with Crippen molar-refractivity contribution in [2.75, 3.05) is 11.5 Å². The Labute approximate surface area is 87.2 Å². The van der Waals surface area contributed by atoms with Crippen LogP contribution in [-0.2, 0) is 0 Å². The molecule has 0 unspecified atom stereocenters. The first kappa shape index (κ1) is 9.09. The lowest BCUT2D eigenvalue weighted by Gasteiger charge is -2.08. The first-order valence-corrected chi connectivity index (χ1v) is 5.26. The zero-order valence-electron chi connectivity index (χ0n) is 7.95. The molecule has 1 heterocycles. The molecule has 0 saturated carbocycles. The molecule has 0 atom stereocenters. The van der Waals surface area contributed by atoms with Crippen LogP contribution in [0.1, 0.15) is 4.88 Å². The van der Waals surface area contributed by atoms with E-state index in [9.17, 15) is 0 Å². The van der Waals surface area contributed by atoms with Crippen LogP contribution < -0.4 is 11.5 Å². The summed E-state index contributed by atoms with van der Waals surface area (Å²) in [5, 5.41) is 2.05. The summed E-state index contributed by atoms with van der Waals surface area (Å²) < 4.78 is 0. The summed E-state index contributed by atoms with van der Waals surface area (Å²) in [5.41, 5.74) is 15.4. The van der Waals surface area contributed by atoms with Gasteiger partial charge in [-0.1, -0.05) is 6.07 Å². The van der Waals surface area contributed by atoms with Gasteiger partial charge in [0.1, 0.15) is 0 Å². The van der Waals surface area contributed by atoms with Crippen LogP contribution in [0.25, 0.3) is 11.1 Å². The highest BCUT2D eigenvalue weighted by atomic mass is 32.1. The first-order chi connectivity index (χ1) is 6.70. The summed E-state index contributed by atoms with van der Waals surface area (Å²) in [5.74, 6) is 0. The minimum atomic E-state index is 0.742. The molecule has 2 aromatic rings. The van der Waals surface area contributed by atoms with Crippen LogP contribution in [0, 0.1) is 6.92 Å². The van der Waals surface area contributed by atoms with E-state index in [0.717, 1.165) is 22.5 Å². The molecule has 0 saturated heterocycles. The van der Waals surface area contributed by atoms with Crippen LogP contribution in [0.3, 0.4) is 0 Å². The molecular weight excluding hydrogens is 192 g/mol. The highest BCUT2D eigenvalue weighted by Crippen LogP contribution is 2.35. The molecule has 1 aromatic heterocycles. The average Bonchev–Trinajstić information content (AvgIpc) is 2.52. The van der Waals surface area contributed by atoms with E-state index in [1.807, 2.05) is 18.2 Å². The van der Waals surface area contributed by atoms with Crippen molar-refractivity contribution in [3.8, 4) is 11.1 Å². The Morgan fingerprint density at radius 2 is 1.71 bits per heavy atom. The van der Waals surface area contributed by atoms with Gasteiger partial charge in [-0.05, 0) is 36.1 Å². The number of aryl methyl sites for hydroxylation is 1. The molecule has 1 aromatic carbocycles. The van der Waals surface area contributed by atoms with Gasteiger partial charge in [0.05, 0.1) is 0 Å². The number of thiophene rings is 1. The molecule has 14 heavy (non-hydrogen) atoms. The van der Waals surface area contributed by atoms with Gasteiger partial charge in [0.15, 0.2) is 0 Å². The quantitative estimate of drug-likeness (QED) is 0.702. The number of nitrogen functional groups attached to an aromatic ring is 2. The van der Waals surface area contributed by atoms with Crippen LogP contribution in [0.5, 0.6) is 0 Å². The molecule has 2 nitrogen and oxygen atoms in total. The van der Waals surface area contributed by atoms with Crippen molar-refractivity contribution in [3.63, 3.8) is 0 Å². The SMILES string of the molecule is Cc1sccc1-c1c(N)cccc1N. The van der Waals surface area contributed by atoms with E-state index in [2.05, 4.69) is 18.4 Å². The second-order valence-corrected chi connectivity index (χ2v) is 4.32. The molecule has 72 valence electrons. The Morgan fingerprint density at radius 1 is 1.07 bits per heavy atom. The van der Waals surface area contributed by atoms with E-state index in [-0.39, 0.29) is 0 Å². The lowest BCUT2D eigenvalue weighted by atomic mass is 10.0. The fraction of sp³-hybridized carbons (Fsp3) is 0.0909. The average molecular weight is 204 g/mol. The van der Waals surface area contributed by atoms with Gasteiger partial charge in [-0.15, -0.1) is 11.3 Å². The van der Waals surface area contributed by atoms with Crippen molar-refractivity contribution >= 4 is 22.7 Å². The second-order valence-electron chi connectivity index (χ2n) is 3.20. The van der Waals surface area contributed by atoms with Gasteiger partial charge < -0.3 is 11.5 Å². The summed E-state index contributed by atoms with van der Waals surface area (Å²) in [6.07, 6.45) is 0. The number of anilines is 2. The zero-order valence-corrected chi connectivity index (χ0v) is 8.77. The molecule has 0 amide bonds. The molecule has 0 fully saturated rings. The van der Waals surface area contributed by atoms with Crippen molar-refractivity contribution in [2.24, 2.45) is 0 Å². The number of rotatable bonds is 1. The van der Waals surface area contributed by atoms with Crippen molar-refractivity contribution in [2.45, 2.75) is 6.92 Å². The molecule has 0 aliphatic heterocycles. The molecule has 0 spiro atoms. The molecular formula is C11H12N2S. The standard InChI is InChI=1S/C11H12N2S/c1-7-8(5-6-14-7)11-9(12)3-2-4-10(11)13/h2-6H,12-13H2,1H3. The number of hydrogen-bond acceptors (Lipinski definition) is 3. The van der Waals surface area contributed by atoms with Crippen molar-refractivity contribution in [3.05, 3.63) is 34.5 Å². The van der Waals surface area contributed by atoms with Crippen molar-refractivity contribution < 1.29 is 0 Å². The first-order valence-electron chi connectivity index (χ1n) is 4.38. The van der Waals surface area contributed by atoms with Gasteiger partial charge in [0, 0.05) is 21.8 Å². The molecule has 2 rings (SSSR count). The van der Waals surface area contributed by atoms with E-state index < -0.39 is 0 Å². The molecule has 0 bridgehead atoms. The fourth-order valence-corrected chi connectivity index (χ4v) is 2.25. The van der Waals surface area contributed by atoms with Crippen LogP contribution in [0.2, 0.25) is 0 Å². The second kappa shape index (κ2) is 3.35. The number of nitrogens with two attached hydrogens (primary N) is 2. The maximum absolute atomic E-state index is 5.91. The highest BCUT2D eigenvalue weighted by molar-refractivity contribution is 7.10. The summed E-state index contributed by atoms with van der Waals surface area (Å²) >= 11 is 1.71. The van der Waals surface area contributed by atoms with Gasteiger partial charge in [-0.2, -0.15) is 0 Å². The van der Waals surface area contributed by atoms with Gasteiger partial charge in [0.2, 0.25) is 0 Å². The predicted octanol–water partition coefficient (Wildman–Crippen LogP) is 2.89. The van der Waals surface area contributed by atoms with Crippen LogP contribution >= 0.6 is 11.3 Å². The summed E-state index contributed by atoms with van der Waals surface area (Å²) in [6, 6.07) is 7.68. The molecule has 3 heteroatoms. The zero-order chi connectivity index (χ0) is 10.1. The summed E-state index contributed by atoms with van der Waals surface area (Å²) in [6.45, 7) is 2.08. The molecule has 0 radical (unpaired) electrons. The Morgan fingerprint density at radius 3 is 2.21 bits per heavy atom. The van der Waals surface area contributed by atoms with E-state index in [4.69, 9.17) is 11.5 Å². The minimum absolute atomic E-state index is 0.742. The lowest BCUT2D eigenvalue weighted by molar-refractivity contribution is 1.57. The van der Waals surface area contributed by atoms with E-state index >= 15 is 0 Å². The maximum atomic E-state index is 5.91. The van der Waals surface area contributed by atoms with Gasteiger partial charge in [-0.3, -0.25) is 0 Å². The van der Waals surface area contributed by atoms with E-state index in [1.165, 1.54) is 4.88 Å². The Balaban J connectivity index is 2.68. The minimum Gasteiger partial charge on any atom is -0.398 e. The maximum Gasteiger partial charge on any atom is 0.0415 e. The Kier molecular flexibility index (Phi) is 2.17. The Bertz CT molecular complexity index is 440. The third-order valence-electron chi connectivity index (χ3n) is 2.26. The third-order valence-corrected chi connectivity index (χ3v) is 3.10. The monoisotopic (exact) mass is 204 g/mol. The van der Waals surface area contributed by atoms with Crippen molar-refractivity contribution in [1.82, 2.24) is 0 Å². The van der Waals surface area contributed by atoms with Gasteiger partial charge >= 0.3 is 0 Å². The van der Waals surface area contributed by atoms with Crippen LogP contribution in [-0.4, -0.2) is 0 Å². The van der Waals surface area contributed by atoms with Crippen molar-refractivity contribution in [1.29, 1.82) is 0 Å². The Hall–Kier alpha value is -1.48. The largest absolute Gasteiger partial charge is 0.398 e. The smallest absolute Gasteiger partial charge is 0.0415 e. The molecule has 0 aliphatic rings. The number of benzene rings is 1. The summed E-state index contributed by atoms with van der Waals surface area (Å²) in [7, 11) is 0. The molecule has 4 N–H and O–H groups in total. The van der Waals surface area contributed by atoms with Crippen LogP contribution in [0.4, 0.5) is 11.4 Å². The lowest BCUT2D eigenvalue weighted by Crippen LogP contribution is -1.95. The van der Waals surface area contributed by atoms with E-state index in [0.29, 0.717) is 0 Å². The fourth-order valence-electron chi connectivity index (χ4n) is 1.54. The van der Waals surface area contributed by atoms with E-state index in [1.54, 1.807) is 11.3 Å². The normalized spacial score (nSPS) is 10.4. The number of hydrogen-bond donors (Lipinski definition) is 2. The van der Waals surface area contributed by atoms with Gasteiger partial charge in [-0.25, -0.2) is 0 Å². The third kappa shape index (κ3) is 1.36. The highest BCUT2D eigenvalue weighted by Gasteiger charge is 2.09. The predicted molar refractivity (Wildman–Crippen MR) is 63.3 cm³/mol. The molecule has 0 aliphatic carbocycles. The van der Waals surface area contributed by atoms with Gasteiger partial charge in [0.25, 0.3) is 0 Å². The topological polar surface area (TPSA) is 52.0 Å². The van der Waals surface area contributed by atoms with Crippen LogP contribution in [0.15, 0.2) is 29.6 Å².